The molecule has 1 unspecified atom stereocenters. The minimum atomic E-state index is -1.58. The lowest BCUT2D eigenvalue weighted by Crippen LogP contribution is -2.34. The van der Waals surface area contributed by atoms with Crippen LogP contribution in [0.1, 0.15) is 30.6 Å². The molecule has 0 aliphatic heterocycles. The van der Waals surface area contributed by atoms with E-state index in [-0.39, 0.29) is 12.0 Å². The average Bonchev–Trinajstić information content (AvgIpc) is 2.15. The van der Waals surface area contributed by atoms with Crippen molar-refractivity contribution in [3.05, 3.63) is 35.4 Å². The third kappa shape index (κ3) is 2.59. The van der Waals surface area contributed by atoms with E-state index in [1.165, 1.54) is 6.92 Å². The maximum Gasteiger partial charge on any atom is 0.194 e. The van der Waals surface area contributed by atoms with Crippen LogP contribution in [0.25, 0.3) is 0 Å². The molecular weight excluding hydrogens is 202 g/mol. The Balaban J connectivity index is 3.12. The highest BCUT2D eigenvalue weighted by molar-refractivity contribution is 6.01. The summed E-state index contributed by atoms with van der Waals surface area (Å²) >= 11 is 0. The zero-order valence-electron chi connectivity index (χ0n) is 8.55. The third-order valence-electron chi connectivity index (χ3n) is 2.30. The molecule has 0 saturated carbocycles. The number of hydrogen-bond acceptors (Lipinski definition) is 2. The largest absolute Gasteiger partial charge is 0.382 e. The van der Waals surface area contributed by atoms with Gasteiger partial charge < -0.3 is 5.11 Å². The molecule has 1 aromatic rings. The van der Waals surface area contributed by atoms with Crippen LogP contribution in [-0.4, -0.2) is 16.5 Å². The van der Waals surface area contributed by atoms with E-state index in [4.69, 9.17) is 0 Å². The average molecular weight is 214 g/mol. The van der Waals surface area contributed by atoms with Gasteiger partial charge in [-0.05, 0) is 25.5 Å². The van der Waals surface area contributed by atoms with E-state index in [2.05, 4.69) is 0 Å². The number of benzene rings is 1. The Kier molecular flexibility index (Phi) is 3.19. The molecule has 0 amide bonds. The summed E-state index contributed by atoms with van der Waals surface area (Å²) in [7, 11) is 0. The Morgan fingerprint density at radius 2 is 1.80 bits per heavy atom. The van der Waals surface area contributed by atoms with Crippen LogP contribution >= 0.6 is 0 Å². The normalized spacial score (nSPS) is 14.7. The Hall–Kier alpha value is -1.29. The molecule has 1 aromatic carbocycles. The minimum absolute atomic E-state index is 0.153. The first kappa shape index (κ1) is 11.8. The maximum absolute atomic E-state index is 12.8. The van der Waals surface area contributed by atoms with Crippen molar-refractivity contribution >= 4 is 5.78 Å². The zero-order chi connectivity index (χ0) is 11.6. The Morgan fingerprint density at radius 1 is 1.33 bits per heavy atom. The third-order valence-corrected chi connectivity index (χ3v) is 2.30. The molecule has 1 atom stereocenters. The van der Waals surface area contributed by atoms with Gasteiger partial charge >= 0.3 is 0 Å². The fourth-order valence-electron chi connectivity index (χ4n) is 1.16. The highest BCUT2D eigenvalue weighted by atomic mass is 19.1. The van der Waals surface area contributed by atoms with Crippen molar-refractivity contribution in [1.82, 2.24) is 0 Å². The van der Waals surface area contributed by atoms with Crippen LogP contribution in [0.3, 0.4) is 0 Å². The summed E-state index contributed by atoms with van der Waals surface area (Å²) in [5.41, 5.74) is -1.74. The van der Waals surface area contributed by atoms with Gasteiger partial charge in [-0.3, -0.25) is 4.79 Å². The van der Waals surface area contributed by atoms with Crippen molar-refractivity contribution in [3.8, 4) is 0 Å². The van der Waals surface area contributed by atoms with Crippen LogP contribution in [0.2, 0.25) is 0 Å². The maximum atomic E-state index is 12.8. The van der Waals surface area contributed by atoms with E-state index in [0.717, 1.165) is 12.1 Å². The second kappa shape index (κ2) is 4.06. The van der Waals surface area contributed by atoms with Crippen LogP contribution in [0.5, 0.6) is 0 Å². The number of Topliss-reactive ketones (excluding diaryl/α,β-unsaturated/α-hetero) is 1. The molecule has 82 valence electrons. The molecule has 15 heavy (non-hydrogen) atoms. The van der Waals surface area contributed by atoms with Gasteiger partial charge in [-0.1, -0.05) is 6.92 Å². The van der Waals surface area contributed by atoms with Crippen molar-refractivity contribution in [1.29, 1.82) is 0 Å². The van der Waals surface area contributed by atoms with Crippen molar-refractivity contribution < 1.29 is 18.7 Å². The summed E-state index contributed by atoms with van der Waals surface area (Å²) in [6.07, 6.45) is 0.184. The smallest absolute Gasteiger partial charge is 0.194 e. The molecule has 0 bridgehead atoms. The van der Waals surface area contributed by atoms with Gasteiger partial charge in [0.2, 0.25) is 0 Å². The van der Waals surface area contributed by atoms with E-state index < -0.39 is 23.0 Å². The van der Waals surface area contributed by atoms with Crippen molar-refractivity contribution in [3.63, 3.8) is 0 Å². The molecule has 1 rings (SSSR count). The van der Waals surface area contributed by atoms with Gasteiger partial charge in [-0.2, -0.15) is 0 Å². The molecule has 0 aliphatic rings. The highest BCUT2D eigenvalue weighted by Gasteiger charge is 2.29. The summed E-state index contributed by atoms with van der Waals surface area (Å²) in [6, 6.07) is 2.50. The molecule has 1 N–H and O–H groups in total. The number of ketones is 1. The Bertz CT molecular complexity index is 366. The molecule has 0 radical (unpaired) electrons. The Morgan fingerprint density at radius 3 is 2.20 bits per heavy atom. The molecule has 0 aromatic heterocycles. The Labute approximate surface area is 86.5 Å². The predicted octanol–water partition coefficient (Wildman–Crippen LogP) is 2.31. The van der Waals surface area contributed by atoms with Gasteiger partial charge in [0.1, 0.15) is 17.2 Å². The zero-order valence-corrected chi connectivity index (χ0v) is 8.55. The summed E-state index contributed by atoms with van der Waals surface area (Å²) in [6.45, 7) is 2.94. The molecule has 0 spiro atoms. The van der Waals surface area contributed by atoms with Crippen LogP contribution < -0.4 is 0 Å². The van der Waals surface area contributed by atoms with Crippen molar-refractivity contribution in [2.75, 3.05) is 0 Å². The summed E-state index contributed by atoms with van der Waals surface area (Å²) in [4.78, 5) is 11.6. The fraction of sp³-hybridized carbons (Fsp3) is 0.364. The fourth-order valence-corrected chi connectivity index (χ4v) is 1.16. The number of rotatable bonds is 3. The number of hydrogen-bond donors (Lipinski definition) is 1. The summed E-state index contributed by atoms with van der Waals surface area (Å²) in [5, 5.41) is 9.63. The SMILES string of the molecule is CCC(C)(O)C(=O)c1cc(F)cc(F)c1. The number of carbonyl (C=O) groups is 1. The molecule has 0 saturated heterocycles. The first-order chi connectivity index (χ1) is 6.86. The van der Waals surface area contributed by atoms with Gasteiger partial charge in [-0.15, -0.1) is 0 Å². The van der Waals surface area contributed by atoms with Crippen molar-refractivity contribution in [2.24, 2.45) is 0 Å². The minimum Gasteiger partial charge on any atom is -0.382 e. The molecule has 4 heteroatoms. The van der Waals surface area contributed by atoms with Crippen LogP contribution in [-0.2, 0) is 0 Å². The van der Waals surface area contributed by atoms with Gasteiger partial charge in [0, 0.05) is 11.6 Å². The van der Waals surface area contributed by atoms with E-state index in [9.17, 15) is 18.7 Å². The second-order valence-corrected chi connectivity index (χ2v) is 3.61. The predicted molar refractivity (Wildman–Crippen MR) is 51.6 cm³/mol. The van der Waals surface area contributed by atoms with Gasteiger partial charge in [0.15, 0.2) is 5.78 Å². The van der Waals surface area contributed by atoms with E-state index in [1.54, 1.807) is 6.92 Å². The monoisotopic (exact) mass is 214 g/mol. The topological polar surface area (TPSA) is 37.3 Å². The summed E-state index contributed by atoms with van der Waals surface area (Å²) < 4.78 is 25.6. The lowest BCUT2D eigenvalue weighted by molar-refractivity contribution is 0.0390. The highest BCUT2D eigenvalue weighted by Crippen LogP contribution is 2.18. The molecule has 0 heterocycles. The number of halogens is 2. The molecule has 0 fully saturated rings. The standard InChI is InChI=1S/C11H12F2O2/c1-3-11(2,15)10(14)7-4-8(12)6-9(13)5-7/h4-6,15H,3H2,1-2H3. The van der Waals surface area contributed by atoms with Crippen molar-refractivity contribution in [2.45, 2.75) is 25.9 Å². The molecular formula is C11H12F2O2. The van der Waals surface area contributed by atoms with E-state index in [1.807, 2.05) is 0 Å². The second-order valence-electron chi connectivity index (χ2n) is 3.61. The van der Waals surface area contributed by atoms with Crippen LogP contribution in [0.15, 0.2) is 18.2 Å². The molecule has 2 nitrogen and oxygen atoms in total. The van der Waals surface area contributed by atoms with Gasteiger partial charge in [0.25, 0.3) is 0 Å². The van der Waals surface area contributed by atoms with Crippen LogP contribution in [0, 0.1) is 11.6 Å². The quantitative estimate of drug-likeness (QED) is 0.784. The molecule has 0 aliphatic carbocycles. The summed E-state index contributed by atoms with van der Waals surface area (Å²) in [5.74, 6) is -2.33. The van der Waals surface area contributed by atoms with E-state index in [0.29, 0.717) is 6.07 Å². The van der Waals surface area contributed by atoms with E-state index >= 15 is 0 Å². The lowest BCUT2D eigenvalue weighted by atomic mass is 9.92. The lowest BCUT2D eigenvalue weighted by Gasteiger charge is -2.19. The number of carbonyl (C=O) groups excluding carboxylic acids is 1. The van der Waals surface area contributed by atoms with Gasteiger partial charge in [-0.25, -0.2) is 8.78 Å². The number of aliphatic hydroxyl groups is 1. The first-order valence-electron chi connectivity index (χ1n) is 4.60. The van der Waals surface area contributed by atoms with Crippen LogP contribution in [0.4, 0.5) is 8.78 Å². The van der Waals surface area contributed by atoms with Gasteiger partial charge in [0.05, 0.1) is 0 Å². The first-order valence-corrected chi connectivity index (χ1v) is 4.60.